The molecule has 31 heavy (non-hydrogen) atoms. The number of nitrogens with one attached hydrogen (secondary N) is 1. The van der Waals surface area contributed by atoms with Gasteiger partial charge in [0.2, 0.25) is 5.91 Å². The van der Waals surface area contributed by atoms with E-state index in [1.165, 1.54) is 13.8 Å². The molecular formula is C22H31N2O6P. The van der Waals surface area contributed by atoms with E-state index < -0.39 is 19.6 Å². The molecule has 8 nitrogen and oxygen atoms in total. The molecule has 0 aliphatic carbocycles. The van der Waals surface area contributed by atoms with Gasteiger partial charge in [-0.1, -0.05) is 18.2 Å². The van der Waals surface area contributed by atoms with E-state index in [1.807, 2.05) is 0 Å². The van der Waals surface area contributed by atoms with Crippen molar-refractivity contribution in [3.05, 3.63) is 30.3 Å². The van der Waals surface area contributed by atoms with Gasteiger partial charge in [0.1, 0.15) is 11.6 Å². The summed E-state index contributed by atoms with van der Waals surface area (Å²) in [5.74, 6) is -0.723. The van der Waals surface area contributed by atoms with Gasteiger partial charge in [-0.15, -0.1) is 0 Å². The van der Waals surface area contributed by atoms with Gasteiger partial charge >= 0.3 is 7.60 Å². The minimum absolute atomic E-state index is 0.0174. The van der Waals surface area contributed by atoms with Crippen molar-refractivity contribution in [1.82, 2.24) is 10.2 Å². The lowest BCUT2D eigenvalue weighted by Gasteiger charge is -2.43. The maximum Gasteiger partial charge on any atom is 0.359 e. The van der Waals surface area contributed by atoms with Crippen LogP contribution >= 0.6 is 7.60 Å². The maximum absolute atomic E-state index is 12.9. The zero-order chi connectivity index (χ0) is 22.6. The fourth-order valence-electron chi connectivity index (χ4n) is 4.82. The van der Waals surface area contributed by atoms with E-state index in [2.05, 4.69) is 10.2 Å². The highest BCUT2D eigenvalue weighted by atomic mass is 31.2. The number of piperidine rings is 1. The third-order valence-corrected chi connectivity index (χ3v) is 7.74. The molecule has 1 aromatic rings. The third-order valence-electron chi connectivity index (χ3n) is 6.24. The number of fused-ring (bicyclic) bond motifs is 2. The second-order valence-corrected chi connectivity index (χ2v) is 10.2. The van der Waals surface area contributed by atoms with Crippen LogP contribution in [-0.4, -0.2) is 58.5 Å². The van der Waals surface area contributed by atoms with E-state index in [0.717, 1.165) is 12.8 Å². The predicted octanol–water partition coefficient (Wildman–Crippen LogP) is 1.81. The van der Waals surface area contributed by atoms with Gasteiger partial charge in [0.05, 0.1) is 17.3 Å². The highest BCUT2D eigenvalue weighted by Crippen LogP contribution is 2.49. The molecule has 0 aromatic heterocycles. The third kappa shape index (κ3) is 5.89. The molecule has 2 bridgehead atoms. The summed E-state index contributed by atoms with van der Waals surface area (Å²) in [7, 11) is -4.04. The van der Waals surface area contributed by atoms with Crippen LogP contribution < -0.4 is 10.6 Å². The Morgan fingerprint density at radius 1 is 1.16 bits per heavy atom. The van der Waals surface area contributed by atoms with Crippen molar-refractivity contribution in [2.75, 3.05) is 13.1 Å². The lowest BCUT2D eigenvalue weighted by Crippen LogP contribution is -2.55. The van der Waals surface area contributed by atoms with Gasteiger partial charge in [-0.2, -0.15) is 0 Å². The van der Waals surface area contributed by atoms with E-state index in [9.17, 15) is 23.8 Å². The van der Waals surface area contributed by atoms with Gasteiger partial charge in [-0.05, 0) is 45.2 Å². The van der Waals surface area contributed by atoms with Crippen LogP contribution in [0.2, 0.25) is 0 Å². The number of rotatable bonds is 10. The van der Waals surface area contributed by atoms with Gasteiger partial charge in [0.15, 0.2) is 0 Å². The first-order valence-corrected chi connectivity index (χ1v) is 12.4. The summed E-state index contributed by atoms with van der Waals surface area (Å²) in [4.78, 5) is 48.1. The highest BCUT2D eigenvalue weighted by molar-refractivity contribution is 7.61. The highest BCUT2D eigenvalue weighted by Gasteiger charge is 2.51. The molecule has 170 valence electrons. The Balaban J connectivity index is 1.63. The van der Waals surface area contributed by atoms with Gasteiger partial charge in [-0.3, -0.25) is 19.1 Å². The lowest BCUT2D eigenvalue weighted by atomic mass is 9.84. The molecule has 0 spiro atoms. The van der Waals surface area contributed by atoms with Gasteiger partial charge in [0.25, 0.3) is 0 Å². The lowest BCUT2D eigenvalue weighted by molar-refractivity contribution is -0.130. The Morgan fingerprint density at radius 2 is 1.87 bits per heavy atom. The Bertz CT molecular complexity index is 861. The normalized spacial score (nSPS) is 27.5. The molecule has 1 amide bonds. The van der Waals surface area contributed by atoms with Crippen LogP contribution in [0, 0.1) is 5.92 Å². The van der Waals surface area contributed by atoms with E-state index in [-0.39, 0.29) is 47.7 Å². The summed E-state index contributed by atoms with van der Waals surface area (Å²) in [5.41, 5.74) is 0. The number of nitrogens with zero attached hydrogens (tertiary/aromatic N) is 1. The molecule has 0 radical (unpaired) electrons. The van der Waals surface area contributed by atoms with Crippen LogP contribution in [-0.2, 0) is 23.5 Å². The Morgan fingerprint density at radius 3 is 2.52 bits per heavy atom. The minimum Gasteiger partial charge on any atom is -0.355 e. The SMILES string of the molecule is CC(=O)CCC(=O)NCCN1C2CCC1[C@@H](C(C)=O)[C@@H](OP(=O)(O)c1ccccc1)C2. The van der Waals surface area contributed by atoms with Crippen LogP contribution in [0.4, 0.5) is 0 Å². The van der Waals surface area contributed by atoms with Crippen molar-refractivity contribution in [1.29, 1.82) is 0 Å². The summed E-state index contributed by atoms with van der Waals surface area (Å²) in [5, 5.41) is 3.06. The number of amides is 1. The molecule has 2 saturated heterocycles. The second kappa shape index (κ2) is 10.2. The van der Waals surface area contributed by atoms with Crippen molar-refractivity contribution in [3.8, 4) is 0 Å². The quantitative estimate of drug-likeness (QED) is 0.523. The first kappa shape index (κ1) is 23.8. The van der Waals surface area contributed by atoms with Crippen LogP contribution in [0.3, 0.4) is 0 Å². The fraction of sp³-hybridized carbons (Fsp3) is 0.591. The van der Waals surface area contributed by atoms with Crippen molar-refractivity contribution in [2.45, 2.75) is 64.1 Å². The molecule has 2 aliphatic heterocycles. The first-order valence-electron chi connectivity index (χ1n) is 10.8. The molecule has 2 fully saturated rings. The maximum atomic E-state index is 12.9. The molecule has 3 rings (SSSR count). The Hall–Kier alpha value is -1.86. The number of hydrogen-bond acceptors (Lipinski definition) is 6. The van der Waals surface area contributed by atoms with Crippen molar-refractivity contribution in [2.24, 2.45) is 5.92 Å². The zero-order valence-corrected chi connectivity index (χ0v) is 18.9. The zero-order valence-electron chi connectivity index (χ0n) is 18.0. The monoisotopic (exact) mass is 450 g/mol. The molecule has 0 saturated carbocycles. The van der Waals surface area contributed by atoms with E-state index in [1.54, 1.807) is 30.3 Å². The summed E-state index contributed by atoms with van der Waals surface area (Å²) < 4.78 is 18.6. The van der Waals surface area contributed by atoms with Crippen LogP contribution in [0.1, 0.15) is 46.0 Å². The van der Waals surface area contributed by atoms with Crippen LogP contribution in [0.5, 0.6) is 0 Å². The average Bonchev–Trinajstić information content (AvgIpc) is 2.98. The standard InChI is InChI=1S/C22H31N2O6P/c1-15(25)8-11-21(27)23-12-13-24-17-9-10-19(24)22(16(2)26)20(14-17)30-31(28,29)18-6-4-3-5-7-18/h3-7,17,19-20,22H,8-14H2,1-2H3,(H,23,27)(H,28,29)/t17?,19?,20-,22+/m0/s1. The molecule has 2 N–H and O–H groups in total. The molecule has 5 atom stereocenters. The Labute approximate surface area is 182 Å². The van der Waals surface area contributed by atoms with Crippen molar-refractivity contribution < 1.29 is 28.4 Å². The van der Waals surface area contributed by atoms with Gasteiger partial charge < -0.3 is 19.5 Å². The van der Waals surface area contributed by atoms with Crippen molar-refractivity contribution in [3.63, 3.8) is 0 Å². The molecule has 2 aliphatic rings. The number of hydrogen-bond donors (Lipinski definition) is 2. The number of Topliss-reactive ketones (excluding diaryl/α,β-unsaturated/α-hetero) is 2. The van der Waals surface area contributed by atoms with E-state index >= 15 is 0 Å². The summed E-state index contributed by atoms with van der Waals surface area (Å²) in [6, 6.07) is 8.30. The van der Waals surface area contributed by atoms with E-state index in [4.69, 9.17) is 4.52 Å². The number of ketones is 2. The average molecular weight is 450 g/mol. The smallest absolute Gasteiger partial charge is 0.355 e. The second-order valence-electron chi connectivity index (χ2n) is 8.46. The molecule has 3 unspecified atom stereocenters. The van der Waals surface area contributed by atoms with Gasteiger partial charge in [0, 0.05) is 38.0 Å². The van der Waals surface area contributed by atoms with Crippen LogP contribution in [0.25, 0.3) is 0 Å². The minimum atomic E-state index is -4.04. The summed E-state index contributed by atoms with van der Waals surface area (Å²) in [6.07, 6.45) is 1.99. The predicted molar refractivity (Wildman–Crippen MR) is 116 cm³/mol. The number of benzene rings is 1. The van der Waals surface area contributed by atoms with Gasteiger partial charge in [-0.25, -0.2) is 0 Å². The topological polar surface area (TPSA) is 113 Å². The number of carbonyl (C=O) groups is 3. The Kier molecular flexibility index (Phi) is 7.81. The largest absolute Gasteiger partial charge is 0.359 e. The molecule has 2 heterocycles. The van der Waals surface area contributed by atoms with Crippen LogP contribution in [0.15, 0.2) is 30.3 Å². The molecule has 9 heteroatoms. The van der Waals surface area contributed by atoms with E-state index in [0.29, 0.717) is 19.5 Å². The summed E-state index contributed by atoms with van der Waals surface area (Å²) in [6.45, 7) is 3.99. The first-order chi connectivity index (χ1) is 14.7. The molecule has 1 aromatic carbocycles. The summed E-state index contributed by atoms with van der Waals surface area (Å²) >= 11 is 0. The number of carbonyl (C=O) groups excluding carboxylic acids is 3. The van der Waals surface area contributed by atoms with Crippen molar-refractivity contribution >= 4 is 30.4 Å². The molecular weight excluding hydrogens is 419 g/mol. The fourth-order valence-corrected chi connectivity index (χ4v) is 6.07.